The summed E-state index contributed by atoms with van der Waals surface area (Å²) in [6.45, 7) is 2.81. The number of hydrogen-bond donors (Lipinski definition) is 3. The molecule has 1 amide bonds. The van der Waals surface area contributed by atoms with Gasteiger partial charge in [-0.3, -0.25) is 4.79 Å². The summed E-state index contributed by atoms with van der Waals surface area (Å²) < 4.78 is 0. The predicted molar refractivity (Wildman–Crippen MR) is 48.4 cm³/mol. The molecule has 0 aromatic carbocycles. The Morgan fingerprint density at radius 1 is 1.69 bits per heavy atom. The molecule has 0 aliphatic heterocycles. The van der Waals surface area contributed by atoms with E-state index in [9.17, 15) is 4.79 Å². The van der Waals surface area contributed by atoms with Crippen molar-refractivity contribution < 1.29 is 10.0 Å². The van der Waals surface area contributed by atoms with E-state index in [1.54, 1.807) is 0 Å². The van der Waals surface area contributed by atoms with E-state index >= 15 is 0 Å². The first-order valence-electron chi connectivity index (χ1n) is 4.29. The first-order chi connectivity index (χ1) is 6.06. The van der Waals surface area contributed by atoms with Crippen LogP contribution in [0, 0.1) is 5.41 Å². The van der Waals surface area contributed by atoms with Gasteiger partial charge < -0.3 is 16.3 Å². The van der Waals surface area contributed by atoms with Crippen molar-refractivity contribution in [2.75, 3.05) is 6.54 Å². The van der Waals surface area contributed by atoms with Gasteiger partial charge >= 0.3 is 0 Å². The molecule has 0 atom stereocenters. The van der Waals surface area contributed by atoms with E-state index in [-0.39, 0.29) is 18.2 Å². The number of amidine groups is 1. The lowest BCUT2D eigenvalue weighted by Gasteiger charge is -2.09. The van der Waals surface area contributed by atoms with Gasteiger partial charge in [-0.25, -0.2) is 0 Å². The topological polar surface area (TPSA) is 87.7 Å². The molecule has 1 aliphatic rings. The van der Waals surface area contributed by atoms with Gasteiger partial charge in [0.1, 0.15) is 5.84 Å². The van der Waals surface area contributed by atoms with Crippen molar-refractivity contribution in [2.24, 2.45) is 16.3 Å². The summed E-state index contributed by atoms with van der Waals surface area (Å²) in [6, 6.07) is 0. The molecule has 1 rings (SSSR count). The van der Waals surface area contributed by atoms with Gasteiger partial charge in [-0.05, 0) is 18.3 Å². The maximum absolute atomic E-state index is 11.1. The lowest BCUT2D eigenvalue weighted by Crippen LogP contribution is -2.32. The van der Waals surface area contributed by atoms with Crippen LogP contribution >= 0.6 is 0 Å². The number of hydrogen-bond acceptors (Lipinski definition) is 3. The van der Waals surface area contributed by atoms with Crippen LogP contribution in [0.1, 0.15) is 26.2 Å². The maximum Gasteiger partial charge on any atom is 0.227 e. The highest BCUT2D eigenvalue weighted by molar-refractivity contribution is 5.98. The Morgan fingerprint density at radius 3 is 2.77 bits per heavy atom. The molecule has 0 bridgehead atoms. The monoisotopic (exact) mass is 185 g/mol. The number of nitrogens with one attached hydrogen (secondary N) is 1. The van der Waals surface area contributed by atoms with Crippen LogP contribution in [-0.4, -0.2) is 23.5 Å². The minimum atomic E-state index is -0.191. The summed E-state index contributed by atoms with van der Waals surface area (Å²) in [5.74, 6) is -0.248. The predicted octanol–water partition coefficient (Wildman–Crippen LogP) is 0.0392. The van der Waals surface area contributed by atoms with Crippen LogP contribution in [0.25, 0.3) is 0 Å². The Balaban J connectivity index is 2.18. The second kappa shape index (κ2) is 3.64. The molecule has 5 heteroatoms. The lowest BCUT2D eigenvalue weighted by atomic mass is 10.1. The van der Waals surface area contributed by atoms with Gasteiger partial charge in [0.25, 0.3) is 0 Å². The number of amides is 1. The highest BCUT2D eigenvalue weighted by Crippen LogP contribution is 2.43. The van der Waals surface area contributed by atoms with Crippen molar-refractivity contribution >= 4 is 11.7 Å². The first-order valence-corrected chi connectivity index (χ1v) is 4.29. The summed E-state index contributed by atoms with van der Waals surface area (Å²) in [5, 5.41) is 13.7. The third kappa shape index (κ3) is 3.31. The van der Waals surface area contributed by atoms with Gasteiger partial charge in [-0.15, -0.1) is 0 Å². The number of nitrogens with two attached hydrogens (primary N) is 1. The molecule has 0 saturated heterocycles. The Labute approximate surface area is 77.0 Å². The summed E-state index contributed by atoms with van der Waals surface area (Å²) >= 11 is 0. The largest absolute Gasteiger partial charge is 0.409 e. The zero-order chi connectivity index (χ0) is 9.90. The fraction of sp³-hybridized carbons (Fsp3) is 0.750. The Bertz CT molecular complexity index is 234. The van der Waals surface area contributed by atoms with Crippen LogP contribution in [0.5, 0.6) is 0 Å². The zero-order valence-electron chi connectivity index (χ0n) is 7.71. The van der Waals surface area contributed by atoms with Crippen LogP contribution in [0.4, 0.5) is 0 Å². The van der Waals surface area contributed by atoms with Crippen LogP contribution in [-0.2, 0) is 4.79 Å². The van der Waals surface area contributed by atoms with Crippen molar-refractivity contribution in [3.05, 3.63) is 0 Å². The summed E-state index contributed by atoms with van der Waals surface area (Å²) in [4.78, 5) is 11.1. The SMILES string of the molecule is CC1(CNC(=O)CC(N)=NO)CC1. The van der Waals surface area contributed by atoms with Gasteiger partial charge in [0.15, 0.2) is 0 Å². The van der Waals surface area contributed by atoms with Gasteiger partial charge in [0, 0.05) is 6.54 Å². The highest BCUT2D eigenvalue weighted by atomic mass is 16.4. The quantitative estimate of drug-likeness (QED) is 0.250. The Kier molecular flexibility index (Phi) is 2.75. The molecule has 1 aliphatic carbocycles. The van der Waals surface area contributed by atoms with Crippen LogP contribution in [0.15, 0.2) is 5.16 Å². The van der Waals surface area contributed by atoms with E-state index in [1.807, 2.05) is 0 Å². The van der Waals surface area contributed by atoms with Gasteiger partial charge in [0.05, 0.1) is 6.42 Å². The van der Waals surface area contributed by atoms with Crippen molar-refractivity contribution in [1.82, 2.24) is 5.32 Å². The molecule has 0 unspecified atom stereocenters. The summed E-state index contributed by atoms with van der Waals surface area (Å²) in [7, 11) is 0. The van der Waals surface area contributed by atoms with Gasteiger partial charge in [0.2, 0.25) is 5.91 Å². The minimum absolute atomic E-state index is 0.0351. The minimum Gasteiger partial charge on any atom is -0.409 e. The fourth-order valence-electron chi connectivity index (χ4n) is 0.964. The Hall–Kier alpha value is -1.26. The van der Waals surface area contributed by atoms with Crippen LogP contribution in [0.3, 0.4) is 0 Å². The molecule has 5 nitrogen and oxygen atoms in total. The number of carbonyl (C=O) groups is 1. The normalized spacial score (nSPS) is 19.6. The number of carbonyl (C=O) groups excluding carboxylic acids is 1. The van der Waals surface area contributed by atoms with Crippen LogP contribution < -0.4 is 11.1 Å². The van der Waals surface area contributed by atoms with E-state index in [0.717, 1.165) is 12.8 Å². The van der Waals surface area contributed by atoms with Crippen LogP contribution in [0.2, 0.25) is 0 Å². The van der Waals surface area contributed by atoms with E-state index < -0.39 is 0 Å². The smallest absolute Gasteiger partial charge is 0.227 e. The molecule has 0 aromatic heterocycles. The Morgan fingerprint density at radius 2 is 2.31 bits per heavy atom. The molecule has 0 spiro atoms. The molecule has 0 aromatic rings. The number of nitrogens with zero attached hydrogens (tertiary/aromatic N) is 1. The van der Waals surface area contributed by atoms with E-state index in [1.165, 1.54) is 0 Å². The third-order valence-electron chi connectivity index (χ3n) is 2.29. The molecule has 13 heavy (non-hydrogen) atoms. The molecule has 1 fully saturated rings. The van der Waals surface area contributed by atoms with Crippen molar-refractivity contribution in [3.8, 4) is 0 Å². The van der Waals surface area contributed by atoms with Crippen molar-refractivity contribution in [3.63, 3.8) is 0 Å². The zero-order valence-corrected chi connectivity index (χ0v) is 7.71. The number of rotatable bonds is 4. The molecule has 74 valence electrons. The lowest BCUT2D eigenvalue weighted by molar-refractivity contribution is -0.120. The third-order valence-corrected chi connectivity index (χ3v) is 2.29. The highest BCUT2D eigenvalue weighted by Gasteiger charge is 2.37. The van der Waals surface area contributed by atoms with Crippen molar-refractivity contribution in [2.45, 2.75) is 26.2 Å². The number of oxime groups is 1. The average Bonchev–Trinajstić information content (AvgIpc) is 2.81. The van der Waals surface area contributed by atoms with Crippen molar-refractivity contribution in [1.29, 1.82) is 0 Å². The average molecular weight is 185 g/mol. The molecule has 4 N–H and O–H groups in total. The van der Waals surface area contributed by atoms with E-state index in [2.05, 4.69) is 17.4 Å². The molecule has 0 radical (unpaired) electrons. The first kappa shape index (κ1) is 9.83. The fourth-order valence-corrected chi connectivity index (χ4v) is 0.964. The molecule has 1 saturated carbocycles. The summed E-state index contributed by atoms with van der Waals surface area (Å²) in [6.07, 6.45) is 2.29. The second-order valence-electron chi connectivity index (χ2n) is 3.86. The van der Waals surface area contributed by atoms with E-state index in [4.69, 9.17) is 10.9 Å². The maximum atomic E-state index is 11.1. The molecular formula is C8H15N3O2. The molecule has 0 heterocycles. The second-order valence-corrected chi connectivity index (χ2v) is 3.86. The molecular weight excluding hydrogens is 170 g/mol. The van der Waals surface area contributed by atoms with Gasteiger partial charge in [-0.1, -0.05) is 12.1 Å². The van der Waals surface area contributed by atoms with Gasteiger partial charge in [-0.2, -0.15) is 0 Å². The van der Waals surface area contributed by atoms with E-state index in [0.29, 0.717) is 12.0 Å². The summed E-state index contributed by atoms with van der Waals surface area (Å²) in [5.41, 5.74) is 5.46. The standard InChI is InChI=1S/C8H15N3O2/c1-8(2-3-8)5-10-7(12)4-6(9)11-13/h13H,2-5H2,1H3,(H2,9,11)(H,10,12).